The Morgan fingerprint density at radius 2 is 2.35 bits per heavy atom. The van der Waals surface area contributed by atoms with Gasteiger partial charge in [0.25, 0.3) is 0 Å². The van der Waals surface area contributed by atoms with Crippen molar-refractivity contribution in [3.05, 3.63) is 23.1 Å². The Morgan fingerprint density at radius 1 is 1.57 bits per heavy atom. The number of azide groups is 1. The number of ether oxygens (including phenoxy) is 1. The number of aliphatic hydroxyl groups excluding tert-OH is 2. The first-order valence-corrected chi connectivity index (χ1v) is 6.50. The van der Waals surface area contributed by atoms with Crippen LogP contribution >= 0.6 is 0 Å². The van der Waals surface area contributed by atoms with Gasteiger partial charge in [-0.2, -0.15) is 0 Å². The molecule has 4 atom stereocenters. The highest BCUT2D eigenvalue weighted by atomic mass is 16.6. The molecular weight excluding hydrogens is 304 g/mol. The molecule has 0 aromatic carbocycles. The van der Waals surface area contributed by atoms with Crippen molar-refractivity contribution in [2.45, 2.75) is 18.1 Å². The van der Waals surface area contributed by atoms with E-state index < -0.39 is 30.6 Å². The first-order chi connectivity index (χ1) is 11.1. The third kappa shape index (κ3) is 2.06. The van der Waals surface area contributed by atoms with Gasteiger partial charge in [0.2, 0.25) is 0 Å². The summed E-state index contributed by atoms with van der Waals surface area (Å²) in [7, 11) is 0. The van der Waals surface area contributed by atoms with Gasteiger partial charge < -0.3 is 20.7 Å². The van der Waals surface area contributed by atoms with Crippen molar-refractivity contribution in [2.75, 3.05) is 12.3 Å². The van der Waals surface area contributed by atoms with Crippen molar-refractivity contribution in [3.63, 3.8) is 0 Å². The zero-order valence-electron chi connectivity index (χ0n) is 11.7. The van der Waals surface area contributed by atoms with Crippen molar-refractivity contribution in [2.24, 2.45) is 11.0 Å². The predicted octanol–water partition coefficient (Wildman–Crippen LogP) is -0.454. The number of aromatic nitrogens is 4. The lowest BCUT2D eigenvalue weighted by Crippen LogP contribution is -2.42. The van der Waals surface area contributed by atoms with Gasteiger partial charge in [-0.3, -0.25) is 4.57 Å². The summed E-state index contributed by atoms with van der Waals surface area (Å²) in [6.45, 7) is -0.739. The Labute approximate surface area is 129 Å². The van der Waals surface area contributed by atoms with Crippen LogP contribution in [0.25, 0.3) is 21.6 Å². The minimum Gasteiger partial charge on any atom is -0.393 e. The number of hydrogen-bond acceptors (Lipinski definition) is 8. The van der Waals surface area contributed by atoms with Crippen LogP contribution in [0.2, 0.25) is 0 Å². The number of nitrogens with zero attached hydrogens (tertiary/aromatic N) is 7. The van der Waals surface area contributed by atoms with Crippen molar-refractivity contribution in [3.8, 4) is 12.3 Å². The molecule has 0 aliphatic carbocycles. The molecule has 3 rings (SSSR count). The zero-order valence-corrected chi connectivity index (χ0v) is 11.7. The van der Waals surface area contributed by atoms with E-state index in [0.29, 0.717) is 11.2 Å². The second-order valence-corrected chi connectivity index (χ2v) is 4.92. The standard InChI is InChI=1S/C12H12N8O3/c1-2-6-8(22)12(3-21,18-19-14)23-11(6)20-5-17-7-9(13)15-4-16-10(7)20/h1,4-6,8,11,21-22H,3H2,(H2,13,15,16)/t6-,8-,11-,12+/m0/s1. The van der Waals surface area contributed by atoms with Gasteiger partial charge in [-0.05, 0) is 5.53 Å². The monoisotopic (exact) mass is 316 g/mol. The van der Waals surface area contributed by atoms with Gasteiger partial charge in [-0.1, -0.05) is 11.0 Å². The van der Waals surface area contributed by atoms with Crippen LogP contribution in [0.15, 0.2) is 17.8 Å². The van der Waals surface area contributed by atoms with E-state index in [4.69, 9.17) is 22.4 Å². The molecule has 2 aromatic heterocycles. The number of terminal acetylenes is 1. The number of nitrogen functional groups attached to an aromatic ring is 1. The lowest BCUT2D eigenvalue weighted by Gasteiger charge is -2.23. The smallest absolute Gasteiger partial charge is 0.199 e. The molecule has 0 spiro atoms. The molecule has 1 aliphatic heterocycles. The molecule has 11 heteroatoms. The molecule has 3 heterocycles. The largest absolute Gasteiger partial charge is 0.393 e. The summed E-state index contributed by atoms with van der Waals surface area (Å²) < 4.78 is 7.06. The molecule has 1 aliphatic rings. The molecule has 23 heavy (non-hydrogen) atoms. The number of hydrogen-bond donors (Lipinski definition) is 3. The third-order valence-corrected chi connectivity index (χ3v) is 3.73. The molecule has 0 radical (unpaired) electrons. The van der Waals surface area contributed by atoms with Gasteiger partial charge in [-0.15, -0.1) is 6.42 Å². The molecular formula is C12H12N8O3. The Hall–Kier alpha value is -2.90. The fraction of sp³-hybridized carbons (Fsp3) is 0.417. The van der Waals surface area contributed by atoms with Gasteiger partial charge in [-0.25, -0.2) is 15.0 Å². The van der Waals surface area contributed by atoms with Crippen LogP contribution < -0.4 is 5.73 Å². The van der Waals surface area contributed by atoms with E-state index >= 15 is 0 Å². The number of anilines is 1. The van der Waals surface area contributed by atoms with Crippen molar-refractivity contribution in [1.82, 2.24) is 19.5 Å². The Kier molecular flexibility index (Phi) is 3.51. The molecule has 0 bridgehead atoms. The number of aliphatic hydroxyl groups is 2. The third-order valence-electron chi connectivity index (χ3n) is 3.73. The first kappa shape index (κ1) is 15.0. The van der Waals surface area contributed by atoms with E-state index in [1.54, 1.807) is 0 Å². The Bertz CT molecular complexity index is 838. The van der Waals surface area contributed by atoms with Crippen molar-refractivity contribution >= 4 is 17.0 Å². The minimum absolute atomic E-state index is 0.174. The van der Waals surface area contributed by atoms with Gasteiger partial charge in [0.15, 0.2) is 23.4 Å². The van der Waals surface area contributed by atoms with Crippen LogP contribution in [-0.4, -0.2) is 48.2 Å². The number of nitrogens with two attached hydrogens (primary N) is 1. The van der Waals surface area contributed by atoms with Gasteiger partial charge in [0, 0.05) is 4.91 Å². The molecule has 1 saturated heterocycles. The van der Waals surface area contributed by atoms with E-state index in [0.717, 1.165) is 0 Å². The average Bonchev–Trinajstić information content (AvgIpc) is 3.09. The number of rotatable bonds is 3. The second kappa shape index (κ2) is 5.38. The maximum absolute atomic E-state index is 10.3. The molecule has 11 nitrogen and oxygen atoms in total. The van der Waals surface area contributed by atoms with E-state index in [1.165, 1.54) is 17.2 Å². The molecule has 4 N–H and O–H groups in total. The minimum atomic E-state index is -1.88. The first-order valence-electron chi connectivity index (χ1n) is 6.50. The van der Waals surface area contributed by atoms with Crippen LogP contribution in [0.4, 0.5) is 5.82 Å². The summed E-state index contributed by atoms with van der Waals surface area (Å²) >= 11 is 0. The fourth-order valence-electron chi connectivity index (χ4n) is 2.57. The fourth-order valence-corrected chi connectivity index (χ4v) is 2.57. The normalized spacial score (nSPS) is 30.0. The topological polar surface area (TPSA) is 168 Å². The predicted molar refractivity (Wildman–Crippen MR) is 77.2 cm³/mol. The van der Waals surface area contributed by atoms with Crippen LogP contribution in [0, 0.1) is 18.3 Å². The van der Waals surface area contributed by atoms with Crippen LogP contribution in [-0.2, 0) is 4.74 Å². The van der Waals surface area contributed by atoms with Gasteiger partial charge in [0.05, 0.1) is 18.9 Å². The molecule has 1 fully saturated rings. The molecule has 0 unspecified atom stereocenters. The molecule has 2 aromatic rings. The summed E-state index contributed by atoms with van der Waals surface area (Å²) in [4.78, 5) is 14.6. The number of imidazole rings is 1. The SMILES string of the molecule is C#C[C@@H]1[C@@H](n2cnc3c(N)ncnc32)O[C@@](CO)(N=[N+]=[N-])[C@H]1O. The van der Waals surface area contributed by atoms with E-state index in [2.05, 4.69) is 30.9 Å². The van der Waals surface area contributed by atoms with E-state index in [1.807, 2.05) is 0 Å². The average molecular weight is 316 g/mol. The van der Waals surface area contributed by atoms with Crippen LogP contribution in [0.3, 0.4) is 0 Å². The summed E-state index contributed by atoms with van der Waals surface area (Å²) in [5, 5.41) is 23.2. The Balaban J connectivity index is 2.13. The van der Waals surface area contributed by atoms with Gasteiger partial charge in [0.1, 0.15) is 17.9 Å². The maximum atomic E-state index is 10.3. The van der Waals surface area contributed by atoms with E-state index in [9.17, 15) is 10.2 Å². The maximum Gasteiger partial charge on any atom is 0.199 e. The Morgan fingerprint density at radius 3 is 3.00 bits per heavy atom. The zero-order chi connectivity index (χ0) is 16.6. The summed E-state index contributed by atoms with van der Waals surface area (Å²) in [6, 6.07) is 0. The quantitative estimate of drug-likeness (QED) is 0.298. The summed E-state index contributed by atoms with van der Waals surface area (Å²) in [5.74, 6) is 1.66. The lowest BCUT2D eigenvalue weighted by atomic mass is 9.97. The van der Waals surface area contributed by atoms with Crippen LogP contribution in [0.1, 0.15) is 6.23 Å². The van der Waals surface area contributed by atoms with Gasteiger partial charge >= 0.3 is 0 Å². The molecule has 118 valence electrons. The lowest BCUT2D eigenvalue weighted by molar-refractivity contribution is -0.122. The highest BCUT2D eigenvalue weighted by molar-refractivity contribution is 5.81. The highest BCUT2D eigenvalue weighted by Crippen LogP contribution is 2.43. The molecule has 0 saturated carbocycles. The van der Waals surface area contributed by atoms with Crippen molar-refractivity contribution in [1.29, 1.82) is 0 Å². The van der Waals surface area contributed by atoms with E-state index in [-0.39, 0.29) is 5.82 Å². The second-order valence-electron chi connectivity index (χ2n) is 4.92. The van der Waals surface area contributed by atoms with Crippen molar-refractivity contribution < 1.29 is 14.9 Å². The van der Waals surface area contributed by atoms with Crippen LogP contribution in [0.5, 0.6) is 0 Å². The molecule has 0 amide bonds. The summed E-state index contributed by atoms with van der Waals surface area (Å²) in [5.41, 5.74) is 13.2. The highest BCUT2D eigenvalue weighted by Gasteiger charge is 2.54. The summed E-state index contributed by atoms with van der Waals surface area (Å²) in [6.07, 6.45) is 5.73. The number of fused-ring (bicyclic) bond motifs is 1.